The lowest BCUT2D eigenvalue weighted by Gasteiger charge is -2.16. The van der Waals surface area contributed by atoms with E-state index in [9.17, 15) is 9.59 Å². The van der Waals surface area contributed by atoms with Crippen LogP contribution in [0.2, 0.25) is 0 Å². The van der Waals surface area contributed by atoms with Crippen LogP contribution in [0, 0.1) is 11.3 Å². The number of benzene rings is 2. The van der Waals surface area contributed by atoms with E-state index in [-0.39, 0.29) is 0 Å². The Labute approximate surface area is 134 Å². The molecule has 0 aliphatic heterocycles. The molecule has 2 aromatic carbocycles. The molecule has 0 fully saturated rings. The highest BCUT2D eigenvalue weighted by Crippen LogP contribution is 2.08. The van der Waals surface area contributed by atoms with Crippen molar-refractivity contribution in [1.29, 1.82) is 5.26 Å². The van der Waals surface area contributed by atoms with Crippen molar-refractivity contribution in [2.45, 2.75) is 12.5 Å². The summed E-state index contributed by atoms with van der Waals surface area (Å²) in [6, 6.07) is 16.8. The lowest BCUT2D eigenvalue weighted by Crippen LogP contribution is -2.43. The Morgan fingerprint density at radius 1 is 1.17 bits per heavy atom. The maximum absolute atomic E-state index is 12.3. The van der Waals surface area contributed by atoms with Crippen molar-refractivity contribution in [2.75, 3.05) is 7.11 Å². The first-order chi connectivity index (χ1) is 11.1. The van der Waals surface area contributed by atoms with E-state index in [1.807, 2.05) is 36.4 Å². The molecule has 0 bridgehead atoms. The molecule has 23 heavy (non-hydrogen) atoms. The standard InChI is InChI=1S/C18H16N2O3/c1-23-18(22)16(11-13-6-3-2-4-7-13)20-17(21)15-9-5-8-14(10-15)12-19/h2-10,16H,11H2,1H3,(H,20,21). The average molecular weight is 308 g/mol. The van der Waals surface area contributed by atoms with Gasteiger partial charge in [0.15, 0.2) is 0 Å². The number of carbonyl (C=O) groups is 2. The molecule has 0 aliphatic carbocycles. The first-order valence-corrected chi connectivity index (χ1v) is 7.07. The van der Waals surface area contributed by atoms with E-state index in [2.05, 4.69) is 5.32 Å². The summed E-state index contributed by atoms with van der Waals surface area (Å²) in [5, 5.41) is 11.6. The number of amides is 1. The van der Waals surface area contributed by atoms with Crippen LogP contribution in [0.25, 0.3) is 0 Å². The Kier molecular flexibility index (Phi) is 5.48. The first-order valence-electron chi connectivity index (χ1n) is 7.07. The second-order valence-electron chi connectivity index (χ2n) is 4.93. The van der Waals surface area contributed by atoms with Gasteiger partial charge in [0.1, 0.15) is 6.04 Å². The first kappa shape index (κ1) is 16.2. The maximum atomic E-state index is 12.3. The second kappa shape index (κ2) is 7.76. The van der Waals surface area contributed by atoms with Crippen LogP contribution in [0.15, 0.2) is 54.6 Å². The zero-order valence-electron chi connectivity index (χ0n) is 12.7. The Bertz CT molecular complexity index is 735. The van der Waals surface area contributed by atoms with E-state index in [0.29, 0.717) is 17.5 Å². The highest BCUT2D eigenvalue weighted by molar-refractivity contribution is 5.97. The summed E-state index contributed by atoms with van der Waals surface area (Å²) >= 11 is 0. The molecule has 5 nitrogen and oxygen atoms in total. The van der Waals surface area contributed by atoms with Gasteiger partial charge >= 0.3 is 5.97 Å². The van der Waals surface area contributed by atoms with Crippen LogP contribution < -0.4 is 5.32 Å². The molecule has 0 saturated heterocycles. The third-order valence-corrected chi connectivity index (χ3v) is 3.33. The minimum Gasteiger partial charge on any atom is -0.467 e. The van der Waals surface area contributed by atoms with Crippen LogP contribution in [0.5, 0.6) is 0 Å². The maximum Gasteiger partial charge on any atom is 0.328 e. The summed E-state index contributed by atoms with van der Waals surface area (Å²) in [5.74, 6) is -0.938. The van der Waals surface area contributed by atoms with Crippen molar-refractivity contribution in [3.05, 3.63) is 71.3 Å². The Hall–Kier alpha value is -3.13. The number of esters is 1. The lowest BCUT2D eigenvalue weighted by atomic mass is 10.0. The van der Waals surface area contributed by atoms with Crippen LogP contribution in [0.4, 0.5) is 0 Å². The summed E-state index contributed by atoms with van der Waals surface area (Å²) in [6.07, 6.45) is 0.331. The number of nitrogens with zero attached hydrogens (tertiary/aromatic N) is 1. The zero-order chi connectivity index (χ0) is 16.7. The highest BCUT2D eigenvalue weighted by Gasteiger charge is 2.22. The van der Waals surface area contributed by atoms with Gasteiger partial charge in [-0.05, 0) is 23.8 Å². The number of hydrogen-bond donors (Lipinski definition) is 1. The minimum absolute atomic E-state index is 0.325. The molecule has 0 spiro atoms. The molecule has 1 atom stereocenters. The van der Waals surface area contributed by atoms with Gasteiger partial charge in [0, 0.05) is 12.0 Å². The zero-order valence-corrected chi connectivity index (χ0v) is 12.7. The molecule has 1 amide bonds. The van der Waals surface area contributed by atoms with Gasteiger partial charge in [-0.15, -0.1) is 0 Å². The van der Waals surface area contributed by atoms with Crippen molar-refractivity contribution in [3.63, 3.8) is 0 Å². The van der Waals surface area contributed by atoms with E-state index in [1.54, 1.807) is 18.2 Å². The second-order valence-corrected chi connectivity index (χ2v) is 4.93. The molecule has 0 heterocycles. The molecular weight excluding hydrogens is 292 g/mol. The van der Waals surface area contributed by atoms with Gasteiger partial charge in [-0.1, -0.05) is 36.4 Å². The van der Waals surface area contributed by atoms with Crippen molar-refractivity contribution in [3.8, 4) is 6.07 Å². The third-order valence-electron chi connectivity index (χ3n) is 3.33. The molecule has 116 valence electrons. The Morgan fingerprint density at radius 3 is 2.57 bits per heavy atom. The molecule has 5 heteroatoms. The van der Waals surface area contributed by atoms with Gasteiger partial charge in [0.2, 0.25) is 0 Å². The number of hydrogen-bond acceptors (Lipinski definition) is 4. The quantitative estimate of drug-likeness (QED) is 0.858. The monoisotopic (exact) mass is 308 g/mol. The molecule has 0 saturated carbocycles. The SMILES string of the molecule is COC(=O)C(Cc1ccccc1)NC(=O)c1cccc(C#N)c1. The topological polar surface area (TPSA) is 79.2 Å². The number of ether oxygens (including phenoxy) is 1. The van der Waals surface area contributed by atoms with Crippen LogP contribution in [0.3, 0.4) is 0 Å². The predicted octanol–water partition coefficient (Wildman–Crippen LogP) is 2.07. The van der Waals surface area contributed by atoms with Crippen molar-refractivity contribution in [1.82, 2.24) is 5.32 Å². The molecule has 2 rings (SSSR count). The van der Waals surface area contributed by atoms with Crippen LogP contribution >= 0.6 is 0 Å². The average Bonchev–Trinajstić information content (AvgIpc) is 2.61. The number of methoxy groups -OCH3 is 1. The lowest BCUT2D eigenvalue weighted by molar-refractivity contribution is -0.142. The molecule has 0 aromatic heterocycles. The van der Waals surface area contributed by atoms with Gasteiger partial charge in [-0.25, -0.2) is 4.79 Å². The van der Waals surface area contributed by atoms with Gasteiger partial charge < -0.3 is 10.1 Å². The predicted molar refractivity (Wildman–Crippen MR) is 84.6 cm³/mol. The fraction of sp³-hybridized carbons (Fsp3) is 0.167. The van der Waals surface area contributed by atoms with Gasteiger partial charge in [-0.2, -0.15) is 5.26 Å². The number of nitriles is 1. The largest absolute Gasteiger partial charge is 0.467 e. The van der Waals surface area contributed by atoms with Crippen molar-refractivity contribution >= 4 is 11.9 Å². The number of rotatable bonds is 5. The number of nitrogens with one attached hydrogen (secondary N) is 1. The molecule has 0 radical (unpaired) electrons. The van der Waals surface area contributed by atoms with E-state index >= 15 is 0 Å². The summed E-state index contributed by atoms with van der Waals surface area (Å²) in [5.41, 5.74) is 1.62. The highest BCUT2D eigenvalue weighted by atomic mass is 16.5. The van der Waals surface area contributed by atoms with Crippen LogP contribution in [-0.4, -0.2) is 25.0 Å². The Balaban J connectivity index is 2.15. The summed E-state index contributed by atoms with van der Waals surface area (Å²) in [7, 11) is 1.28. The number of carbonyl (C=O) groups excluding carboxylic acids is 2. The van der Waals surface area contributed by atoms with Crippen LogP contribution in [0.1, 0.15) is 21.5 Å². The molecule has 1 N–H and O–H groups in total. The summed E-state index contributed by atoms with van der Waals surface area (Å²) in [4.78, 5) is 24.2. The Morgan fingerprint density at radius 2 is 1.91 bits per heavy atom. The fourth-order valence-electron chi connectivity index (χ4n) is 2.16. The molecule has 2 aromatic rings. The van der Waals surface area contributed by atoms with Crippen LogP contribution in [-0.2, 0) is 16.0 Å². The van der Waals surface area contributed by atoms with Gasteiger partial charge in [0.25, 0.3) is 5.91 Å². The minimum atomic E-state index is -0.791. The normalized spacial score (nSPS) is 11.1. The van der Waals surface area contributed by atoms with Gasteiger partial charge in [-0.3, -0.25) is 4.79 Å². The van der Waals surface area contributed by atoms with E-state index < -0.39 is 17.9 Å². The molecule has 1 unspecified atom stereocenters. The third kappa shape index (κ3) is 4.42. The smallest absolute Gasteiger partial charge is 0.328 e. The van der Waals surface area contributed by atoms with E-state index in [1.165, 1.54) is 13.2 Å². The van der Waals surface area contributed by atoms with E-state index in [4.69, 9.17) is 10.00 Å². The molecular formula is C18H16N2O3. The van der Waals surface area contributed by atoms with Crippen molar-refractivity contribution < 1.29 is 14.3 Å². The van der Waals surface area contributed by atoms with E-state index in [0.717, 1.165) is 5.56 Å². The molecule has 0 aliphatic rings. The summed E-state index contributed by atoms with van der Waals surface area (Å²) in [6.45, 7) is 0. The van der Waals surface area contributed by atoms with Gasteiger partial charge in [0.05, 0.1) is 18.7 Å². The fourth-order valence-corrected chi connectivity index (χ4v) is 2.16. The van der Waals surface area contributed by atoms with Crippen molar-refractivity contribution in [2.24, 2.45) is 0 Å². The summed E-state index contributed by atoms with van der Waals surface area (Å²) < 4.78 is 4.76.